The Morgan fingerprint density at radius 1 is 0.892 bits per heavy atom. The summed E-state index contributed by atoms with van der Waals surface area (Å²) in [5.41, 5.74) is 1.22. The number of allylic oxidation sites excluding steroid dienone is 2. The molecular formula is C31H39NO5. The molecule has 0 aliphatic rings. The number of hydrogen-bond acceptors (Lipinski definition) is 5. The van der Waals surface area contributed by atoms with Gasteiger partial charge < -0.3 is 14.8 Å². The van der Waals surface area contributed by atoms with Crippen molar-refractivity contribution in [3.8, 4) is 0 Å². The lowest BCUT2D eigenvalue weighted by molar-refractivity contribution is -0.161. The molecule has 3 atom stereocenters. The van der Waals surface area contributed by atoms with Gasteiger partial charge in [-0.15, -0.1) is 13.2 Å². The number of hydrogen-bond donors (Lipinski definition) is 1. The fourth-order valence-electron chi connectivity index (χ4n) is 3.91. The molecule has 0 fully saturated rings. The molecule has 0 aliphatic carbocycles. The van der Waals surface area contributed by atoms with Crippen LogP contribution >= 0.6 is 0 Å². The predicted octanol–water partition coefficient (Wildman–Crippen LogP) is 5.75. The summed E-state index contributed by atoms with van der Waals surface area (Å²) in [5, 5.41) is 3.06. The molecule has 0 bridgehead atoms. The van der Waals surface area contributed by atoms with Gasteiger partial charge in [-0.1, -0.05) is 72.8 Å². The number of esters is 2. The van der Waals surface area contributed by atoms with Gasteiger partial charge in [0.05, 0.1) is 18.4 Å². The first-order chi connectivity index (χ1) is 17.6. The van der Waals surface area contributed by atoms with Crippen LogP contribution in [-0.4, -0.2) is 30.1 Å². The average molecular weight is 506 g/mol. The van der Waals surface area contributed by atoms with Crippen molar-refractivity contribution < 1.29 is 23.9 Å². The molecule has 2 aromatic carbocycles. The third kappa shape index (κ3) is 10.9. The number of ether oxygens (including phenoxy) is 2. The average Bonchev–Trinajstić information content (AvgIpc) is 2.85. The minimum Gasteiger partial charge on any atom is -0.463 e. The highest BCUT2D eigenvalue weighted by molar-refractivity contribution is 5.81. The molecule has 3 unspecified atom stereocenters. The first-order valence-electron chi connectivity index (χ1n) is 12.6. The van der Waals surface area contributed by atoms with Gasteiger partial charge in [0.2, 0.25) is 5.91 Å². The Hall–Kier alpha value is -3.67. The van der Waals surface area contributed by atoms with Crippen LogP contribution in [0.25, 0.3) is 0 Å². The van der Waals surface area contributed by atoms with E-state index in [1.54, 1.807) is 32.9 Å². The maximum atomic E-state index is 13.3. The third-order valence-electron chi connectivity index (χ3n) is 5.68. The highest BCUT2D eigenvalue weighted by Crippen LogP contribution is 2.21. The zero-order valence-corrected chi connectivity index (χ0v) is 22.2. The Labute approximate surface area is 220 Å². The Morgan fingerprint density at radius 3 is 2.03 bits per heavy atom. The number of amides is 1. The van der Waals surface area contributed by atoms with Gasteiger partial charge in [-0.2, -0.15) is 0 Å². The molecule has 2 rings (SSSR count). The van der Waals surface area contributed by atoms with E-state index in [1.807, 2.05) is 60.7 Å². The summed E-state index contributed by atoms with van der Waals surface area (Å²) in [6, 6.07) is 18.6. The van der Waals surface area contributed by atoms with Gasteiger partial charge in [-0.3, -0.25) is 14.4 Å². The fraction of sp³-hybridized carbons (Fsp3) is 0.387. The summed E-state index contributed by atoms with van der Waals surface area (Å²) in [7, 11) is 0. The van der Waals surface area contributed by atoms with Crippen LogP contribution in [0.5, 0.6) is 0 Å². The summed E-state index contributed by atoms with van der Waals surface area (Å²) in [4.78, 5) is 38.5. The van der Waals surface area contributed by atoms with Crippen molar-refractivity contribution in [3.05, 3.63) is 97.1 Å². The summed E-state index contributed by atoms with van der Waals surface area (Å²) in [5.74, 6) is -2.19. The summed E-state index contributed by atoms with van der Waals surface area (Å²) in [6.45, 7) is 12.8. The van der Waals surface area contributed by atoms with Gasteiger partial charge >= 0.3 is 11.9 Å². The minimum atomic E-state index is -0.717. The number of nitrogens with one attached hydrogen (secondary N) is 1. The fourth-order valence-corrected chi connectivity index (χ4v) is 3.91. The Morgan fingerprint density at radius 2 is 1.46 bits per heavy atom. The minimum absolute atomic E-state index is 0.0668. The van der Waals surface area contributed by atoms with Gasteiger partial charge in [0, 0.05) is 5.92 Å². The number of rotatable bonds is 14. The smallest absolute Gasteiger partial charge is 0.309 e. The number of carbonyl (C=O) groups excluding carboxylic acids is 3. The standard InChI is InChI=1S/C31H39NO5/c1-6-14-25(20-23-16-10-8-11-17-23)29(34)32-27(24-18-12-9-13-19-24)22-36-30(35)26(15-7-2)21-28(33)37-31(3,4)5/h6-13,16-19,25-27H,1-2,14-15,20-22H2,3-5H3,(H,32,34). The first kappa shape index (κ1) is 29.6. The van der Waals surface area contributed by atoms with Gasteiger partial charge in [-0.05, 0) is 51.2 Å². The van der Waals surface area contributed by atoms with Crippen molar-refractivity contribution in [1.82, 2.24) is 5.32 Å². The molecule has 0 aromatic heterocycles. The van der Waals surface area contributed by atoms with Crippen LogP contribution in [-0.2, 0) is 30.3 Å². The molecule has 0 heterocycles. The van der Waals surface area contributed by atoms with E-state index < -0.39 is 29.5 Å². The van der Waals surface area contributed by atoms with Crippen LogP contribution in [0.3, 0.4) is 0 Å². The highest BCUT2D eigenvalue weighted by Gasteiger charge is 2.28. The SMILES string of the molecule is C=CCC(Cc1ccccc1)C(=O)NC(COC(=O)C(CC=C)CC(=O)OC(C)(C)C)c1ccccc1. The van der Waals surface area contributed by atoms with E-state index in [4.69, 9.17) is 9.47 Å². The molecule has 0 radical (unpaired) electrons. The first-order valence-corrected chi connectivity index (χ1v) is 12.6. The number of benzene rings is 2. The topological polar surface area (TPSA) is 81.7 Å². The lowest BCUT2D eigenvalue weighted by Gasteiger charge is -2.24. The van der Waals surface area contributed by atoms with E-state index in [2.05, 4.69) is 18.5 Å². The molecule has 0 saturated carbocycles. The van der Waals surface area contributed by atoms with Crippen molar-refractivity contribution in [2.24, 2.45) is 11.8 Å². The third-order valence-corrected chi connectivity index (χ3v) is 5.68. The molecule has 37 heavy (non-hydrogen) atoms. The highest BCUT2D eigenvalue weighted by atomic mass is 16.6. The Balaban J connectivity index is 2.12. The van der Waals surface area contributed by atoms with Gasteiger partial charge in [0.15, 0.2) is 0 Å². The van der Waals surface area contributed by atoms with E-state index in [-0.39, 0.29) is 31.3 Å². The van der Waals surface area contributed by atoms with Gasteiger partial charge in [-0.25, -0.2) is 0 Å². The summed E-state index contributed by atoms with van der Waals surface area (Å²) in [6.07, 6.45) is 4.57. The second-order valence-corrected chi connectivity index (χ2v) is 10.0. The van der Waals surface area contributed by atoms with Crippen molar-refractivity contribution in [2.45, 2.75) is 58.1 Å². The van der Waals surface area contributed by atoms with E-state index in [0.717, 1.165) is 11.1 Å². The van der Waals surface area contributed by atoms with Crippen LogP contribution in [0.1, 0.15) is 57.2 Å². The van der Waals surface area contributed by atoms with Gasteiger partial charge in [0.25, 0.3) is 0 Å². The molecule has 1 N–H and O–H groups in total. The quantitative estimate of drug-likeness (QED) is 0.261. The molecule has 198 valence electrons. The van der Waals surface area contributed by atoms with Crippen molar-refractivity contribution in [3.63, 3.8) is 0 Å². The molecular weight excluding hydrogens is 466 g/mol. The molecule has 1 amide bonds. The van der Waals surface area contributed by atoms with Crippen LogP contribution in [0.15, 0.2) is 86.0 Å². The monoisotopic (exact) mass is 505 g/mol. The lowest BCUT2D eigenvalue weighted by atomic mass is 9.94. The van der Waals surface area contributed by atoms with Crippen molar-refractivity contribution in [2.75, 3.05) is 6.61 Å². The van der Waals surface area contributed by atoms with Crippen molar-refractivity contribution in [1.29, 1.82) is 0 Å². The predicted molar refractivity (Wildman–Crippen MR) is 146 cm³/mol. The summed E-state index contributed by atoms with van der Waals surface area (Å²) >= 11 is 0. The largest absolute Gasteiger partial charge is 0.463 e. The molecule has 0 aliphatic heterocycles. The molecule has 6 nitrogen and oxygen atoms in total. The van der Waals surface area contributed by atoms with Gasteiger partial charge in [0.1, 0.15) is 12.2 Å². The zero-order valence-electron chi connectivity index (χ0n) is 22.2. The lowest BCUT2D eigenvalue weighted by Crippen LogP contribution is -2.37. The molecule has 0 saturated heterocycles. The van der Waals surface area contributed by atoms with Crippen molar-refractivity contribution >= 4 is 17.8 Å². The van der Waals surface area contributed by atoms with E-state index >= 15 is 0 Å². The Kier molecular flexibility index (Phi) is 11.8. The molecule has 6 heteroatoms. The number of carbonyl (C=O) groups is 3. The van der Waals surface area contributed by atoms with E-state index in [9.17, 15) is 14.4 Å². The van der Waals surface area contributed by atoms with Crippen LogP contribution in [0, 0.1) is 11.8 Å². The normalized spacial score (nSPS) is 13.5. The molecule has 2 aromatic rings. The second kappa shape index (κ2) is 14.8. The van der Waals surface area contributed by atoms with E-state index in [1.165, 1.54) is 0 Å². The summed E-state index contributed by atoms with van der Waals surface area (Å²) < 4.78 is 11.0. The Bertz CT molecular complexity index is 1030. The van der Waals surface area contributed by atoms with Crippen LogP contribution in [0.2, 0.25) is 0 Å². The molecule has 0 spiro atoms. The maximum absolute atomic E-state index is 13.3. The second-order valence-electron chi connectivity index (χ2n) is 10.0. The maximum Gasteiger partial charge on any atom is 0.309 e. The van der Waals surface area contributed by atoms with Crippen LogP contribution < -0.4 is 5.32 Å². The zero-order chi connectivity index (χ0) is 27.3. The van der Waals surface area contributed by atoms with E-state index in [0.29, 0.717) is 12.8 Å². The van der Waals surface area contributed by atoms with Crippen LogP contribution in [0.4, 0.5) is 0 Å².